The van der Waals surface area contributed by atoms with Crippen molar-refractivity contribution in [3.63, 3.8) is 0 Å². The largest absolute Gasteiger partial charge is 0.481 e. The SMILES string of the molecule is C=CC(N)CCCCNC(=O)CCC(NC(=O)CC[C@H](NC(=O)CCC(NC(=O)CCC(NC(=O)CCCCCCCCCCCCC(=O)O)C(=O)O)C(=O)O)C(=O)O)C(=O)O. The highest BCUT2D eigenvalue weighted by molar-refractivity contribution is 5.88. The Bertz CT molecular complexity index is 1480. The van der Waals surface area contributed by atoms with Gasteiger partial charge in [0, 0.05) is 51.1 Å². The van der Waals surface area contributed by atoms with Gasteiger partial charge in [-0.3, -0.25) is 28.8 Å². The first-order valence-electron chi connectivity index (χ1n) is 21.3. The highest BCUT2D eigenvalue weighted by atomic mass is 16.4. The molecule has 5 amide bonds. The van der Waals surface area contributed by atoms with Crippen molar-refractivity contribution in [2.45, 2.75) is 178 Å². The highest BCUT2D eigenvalue weighted by Gasteiger charge is 2.27. The Morgan fingerprint density at radius 2 is 0.710 bits per heavy atom. The first kappa shape index (κ1) is 56.4. The van der Waals surface area contributed by atoms with Gasteiger partial charge in [-0.25, -0.2) is 19.2 Å². The summed E-state index contributed by atoms with van der Waals surface area (Å²) in [5.41, 5.74) is 5.74. The molecule has 0 spiro atoms. The fourth-order valence-corrected chi connectivity index (χ4v) is 6.11. The number of carboxylic acid groups (broad SMARTS) is 5. The molecule has 0 radical (unpaired) electrons. The lowest BCUT2D eigenvalue weighted by Crippen LogP contribution is -2.45. The van der Waals surface area contributed by atoms with E-state index in [1.54, 1.807) is 6.08 Å². The average molecular weight is 885 g/mol. The van der Waals surface area contributed by atoms with Crippen LogP contribution in [0.25, 0.3) is 0 Å². The van der Waals surface area contributed by atoms with Crippen molar-refractivity contribution in [3.8, 4) is 0 Å². The lowest BCUT2D eigenvalue weighted by molar-refractivity contribution is -0.144. The van der Waals surface area contributed by atoms with Crippen LogP contribution < -0.4 is 32.3 Å². The van der Waals surface area contributed by atoms with Crippen LogP contribution in [0.2, 0.25) is 0 Å². The van der Waals surface area contributed by atoms with E-state index in [2.05, 4.69) is 33.2 Å². The minimum absolute atomic E-state index is 0.0834. The van der Waals surface area contributed by atoms with Crippen LogP contribution in [-0.2, 0) is 47.9 Å². The van der Waals surface area contributed by atoms with Crippen molar-refractivity contribution in [2.24, 2.45) is 5.73 Å². The zero-order valence-electron chi connectivity index (χ0n) is 35.5. The number of carbonyl (C=O) groups excluding carboxylic acids is 5. The van der Waals surface area contributed by atoms with E-state index in [9.17, 15) is 68.4 Å². The predicted octanol–water partition coefficient (Wildman–Crippen LogP) is 1.95. The average Bonchev–Trinajstić information content (AvgIpc) is 3.20. The van der Waals surface area contributed by atoms with Crippen LogP contribution in [0.3, 0.4) is 0 Å². The van der Waals surface area contributed by atoms with Gasteiger partial charge in [-0.1, -0.05) is 57.4 Å². The van der Waals surface area contributed by atoms with Gasteiger partial charge in [0.1, 0.15) is 24.2 Å². The maximum atomic E-state index is 12.6. The summed E-state index contributed by atoms with van der Waals surface area (Å²) in [6.45, 7) is 3.94. The zero-order chi connectivity index (χ0) is 46.9. The number of aliphatic carboxylic acids is 5. The quantitative estimate of drug-likeness (QED) is 0.0310. The Hall–Kier alpha value is -5.60. The first-order chi connectivity index (χ1) is 29.4. The molecule has 5 atom stereocenters. The molecule has 0 bridgehead atoms. The second-order valence-electron chi connectivity index (χ2n) is 15.2. The Kier molecular flexibility index (Phi) is 31.0. The van der Waals surface area contributed by atoms with Gasteiger partial charge >= 0.3 is 29.8 Å². The molecule has 0 saturated heterocycles. The molecule has 0 aliphatic heterocycles. The summed E-state index contributed by atoms with van der Waals surface area (Å²) >= 11 is 0. The minimum Gasteiger partial charge on any atom is -0.481 e. The van der Waals surface area contributed by atoms with E-state index in [0.717, 1.165) is 57.8 Å². The number of carboxylic acids is 5. The van der Waals surface area contributed by atoms with Gasteiger partial charge in [0.05, 0.1) is 0 Å². The molecule has 21 nitrogen and oxygen atoms in total. The molecule has 0 aliphatic rings. The summed E-state index contributed by atoms with van der Waals surface area (Å²) in [6.07, 6.45) is 9.53. The van der Waals surface area contributed by atoms with Crippen molar-refractivity contribution in [3.05, 3.63) is 12.7 Å². The van der Waals surface area contributed by atoms with Gasteiger partial charge in [-0.15, -0.1) is 6.58 Å². The van der Waals surface area contributed by atoms with Crippen molar-refractivity contribution in [1.29, 1.82) is 0 Å². The summed E-state index contributed by atoms with van der Waals surface area (Å²) in [5, 5.41) is 58.5. The molecule has 0 fully saturated rings. The standard InChI is InChI=1S/C41H68N6O15/c1-2-27(42)15-13-14-26-43-32(48)22-18-28(38(55)56)45-34(50)24-20-30(40(59)60)47-36(52)25-21-31(41(61)62)46-35(51)23-19-29(39(57)58)44-33(49)16-11-9-7-5-3-4-6-8-10-12-17-37(53)54/h2,27-31H,1,3-26,42H2,(H,43,48)(H,44,49)(H,45,50)(H,46,51)(H,47,52)(H,53,54)(H,55,56)(H,57,58)(H,59,60)(H,61,62)/t27?,28?,29?,30-,31?/m0/s1. The number of hydrogen-bond acceptors (Lipinski definition) is 11. The molecule has 0 saturated carbocycles. The monoisotopic (exact) mass is 884 g/mol. The molecule has 0 aromatic carbocycles. The van der Waals surface area contributed by atoms with E-state index in [1.165, 1.54) is 0 Å². The number of unbranched alkanes of at least 4 members (excludes halogenated alkanes) is 10. The lowest BCUT2D eigenvalue weighted by atomic mass is 10.0. The van der Waals surface area contributed by atoms with Crippen LogP contribution in [0, 0.1) is 0 Å². The van der Waals surface area contributed by atoms with Gasteiger partial charge < -0.3 is 57.9 Å². The van der Waals surface area contributed by atoms with E-state index < -0.39 is 116 Å². The number of amides is 5. The van der Waals surface area contributed by atoms with Crippen LogP contribution in [-0.4, -0.2) is 122 Å². The van der Waals surface area contributed by atoms with Gasteiger partial charge in [-0.05, 0) is 57.8 Å². The molecule has 0 aromatic heterocycles. The third kappa shape index (κ3) is 30.4. The third-order valence-corrected chi connectivity index (χ3v) is 9.81. The number of carbonyl (C=O) groups is 10. The molecular weight excluding hydrogens is 816 g/mol. The Balaban J connectivity index is 4.67. The lowest BCUT2D eigenvalue weighted by Gasteiger charge is -2.18. The van der Waals surface area contributed by atoms with Crippen LogP contribution in [0.1, 0.15) is 148 Å². The van der Waals surface area contributed by atoms with E-state index in [0.29, 0.717) is 32.2 Å². The Morgan fingerprint density at radius 3 is 1.03 bits per heavy atom. The molecule has 4 unspecified atom stereocenters. The summed E-state index contributed by atoms with van der Waals surface area (Å²) in [5.74, 6) is -10.2. The number of nitrogens with one attached hydrogen (secondary N) is 5. The van der Waals surface area contributed by atoms with Crippen LogP contribution >= 0.6 is 0 Å². The molecule has 0 aliphatic carbocycles. The van der Waals surface area contributed by atoms with Crippen molar-refractivity contribution < 1.29 is 73.5 Å². The second-order valence-corrected chi connectivity index (χ2v) is 15.2. The van der Waals surface area contributed by atoms with Gasteiger partial charge in [0.25, 0.3) is 0 Å². The molecule has 352 valence electrons. The van der Waals surface area contributed by atoms with Crippen LogP contribution in [0.5, 0.6) is 0 Å². The van der Waals surface area contributed by atoms with Crippen molar-refractivity contribution in [1.82, 2.24) is 26.6 Å². The number of nitrogens with two attached hydrogens (primary N) is 1. The van der Waals surface area contributed by atoms with Crippen LogP contribution in [0.15, 0.2) is 12.7 Å². The molecule has 0 heterocycles. The van der Waals surface area contributed by atoms with Crippen molar-refractivity contribution >= 4 is 59.4 Å². The maximum Gasteiger partial charge on any atom is 0.326 e. The van der Waals surface area contributed by atoms with Gasteiger partial charge in [0.15, 0.2) is 0 Å². The fourth-order valence-electron chi connectivity index (χ4n) is 6.11. The van der Waals surface area contributed by atoms with E-state index in [-0.39, 0.29) is 38.1 Å². The second kappa shape index (κ2) is 34.0. The Labute approximate surface area is 361 Å². The predicted molar refractivity (Wildman–Crippen MR) is 223 cm³/mol. The molecule has 0 rings (SSSR count). The molecule has 12 N–H and O–H groups in total. The fraction of sp³-hybridized carbons (Fsp3) is 0.707. The van der Waals surface area contributed by atoms with E-state index >= 15 is 0 Å². The van der Waals surface area contributed by atoms with E-state index in [1.807, 2.05) is 0 Å². The van der Waals surface area contributed by atoms with E-state index in [4.69, 9.17) is 10.8 Å². The summed E-state index contributed by atoms with van der Waals surface area (Å²) in [6, 6.07) is -6.24. The van der Waals surface area contributed by atoms with Gasteiger partial charge in [0.2, 0.25) is 29.5 Å². The first-order valence-corrected chi connectivity index (χ1v) is 21.3. The molecule has 0 aromatic rings. The normalized spacial score (nSPS) is 13.2. The highest BCUT2D eigenvalue weighted by Crippen LogP contribution is 2.13. The maximum absolute atomic E-state index is 12.6. The number of rotatable bonds is 39. The zero-order valence-corrected chi connectivity index (χ0v) is 35.5. The number of hydrogen-bond donors (Lipinski definition) is 11. The molecule has 62 heavy (non-hydrogen) atoms. The molecule has 21 heteroatoms. The van der Waals surface area contributed by atoms with Gasteiger partial charge in [-0.2, -0.15) is 0 Å². The Morgan fingerprint density at radius 1 is 0.403 bits per heavy atom. The third-order valence-electron chi connectivity index (χ3n) is 9.81. The summed E-state index contributed by atoms with van der Waals surface area (Å²) in [4.78, 5) is 120. The van der Waals surface area contributed by atoms with Crippen molar-refractivity contribution in [2.75, 3.05) is 6.54 Å². The molecular formula is C41H68N6O15. The topological polar surface area (TPSA) is 358 Å². The summed E-state index contributed by atoms with van der Waals surface area (Å²) in [7, 11) is 0. The van der Waals surface area contributed by atoms with Crippen LogP contribution in [0.4, 0.5) is 0 Å². The minimum atomic E-state index is -1.62. The smallest absolute Gasteiger partial charge is 0.326 e. The summed E-state index contributed by atoms with van der Waals surface area (Å²) < 4.78 is 0.